The van der Waals surface area contributed by atoms with Crippen molar-refractivity contribution < 1.29 is 9.66 Å². The number of nitrogens with zero attached hydrogens (tertiary/aromatic N) is 2. The van der Waals surface area contributed by atoms with Gasteiger partial charge in [-0.3, -0.25) is 10.1 Å². The Labute approximate surface area is 97.5 Å². The van der Waals surface area contributed by atoms with Gasteiger partial charge >= 0.3 is 5.69 Å². The Kier molecular flexibility index (Phi) is 4.55. The van der Waals surface area contributed by atoms with E-state index >= 15 is 0 Å². The summed E-state index contributed by atoms with van der Waals surface area (Å²) in [6, 6.07) is 1.33. The highest BCUT2D eigenvalue weighted by atomic mass is 35.5. The van der Waals surface area contributed by atoms with Crippen LogP contribution in [0.1, 0.15) is 12.0 Å². The average molecular weight is 241 g/mol. The summed E-state index contributed by atoms with van der Waals surface area (Å²) in [6.45, 7) is 0. The van der Waals surface area contributed by atoms with E-state index in [9.17, 15) is 10.1 Å². The molecule has 1 rings (SSSR count). The van der Waals surface area contributed by atoms with Gasteiger partial charge in [-0.25, -0.2) is 4.98 Å². The van der Waals surface area contributed by atoms with Gasteiger partial charge in [0.1, 0.15) is 0 Å². The molecule has 0 saturated carbocycles. The van der Waals surface area contributed by atoms with Gasteiger partial charge in [-0.2, -0.15) is 0 Å². The fourth-order valence-corrected chi connectivity index (χ4v) is 1.10. The fraction of sp³-hybridized carbons (Fsp3) is 0.300. The van der Waals surface area contributed by atoms with E-state index in [1.807, 2.05) is 0 Å². The lowest BCUT2D eigenvalue weighted by molar-refractivity contribution is -0.386. The van der Waals surface area contributed by atoms with Gasteiger partial charge in [-0.15, -0.1) is 11.6 Å². The summed E-state index contributed by atoms with van der Waals surface area (Å²) in [5, 5.41) is 10.7. The maximum Gasteiger partial charge on any atom is 0.332 e. The quantitative estimate of drug-likeness (QED) is 0.351. The Hall–Kier alpha value is -1.80. The minimum atomic E-state index is -0.557. The van der Waals surface area contributed by atoms with Crippen LogP contribution in [0.2, 0.25) is 0 Å². The lowest BCUT2D eigenvalue weighted by Gasteiger charge is -1.99. The van der Waals surface area contributed by atoms with E-state index in [-0.39, 0.29) is 11.6 Å². The summed E-state index contributed by atoms with van der Waals surface area (Å²) < 4.78 is 4.77. The first kappa shape index (κ1) is 12.3. The Morgan fingerprint density at radius 1 is 1.69 bits per heavy atom. The van der Waals surface area contributed by atoms with Gasteiger partial charge in [-0.05, 0) is 0 Å². The maximum absolute atomic E-state index is 10.7. The lowest BCUT2D eigenvalue weighted by Crippen LogP contribution is -1.96. The molecule has 0 atom stereocenters. The Morgan fingerprint density at radius 3 is 3.00 bits per heavy atom. The number of aromatic nitrogens is 1. The van der Waals surface area contributed by atoms with Gasteiger partial charge in [0.15, 0.2) is 0 Å². The summed E-state index contributed by atoms with van der Waals surface area (Å²) in [4.78, 5) is 13.9. The van der Waals surface area contributed by atoms with Crippen LogP contribution >= 0.6 is 11.6 Å². The third-order valence-corrected chi connectivity index (χ3v) is 1.86. The maximum atomic E-state index is 10.7. The number of methoxy groups -OCH3 is 1. The molecular formula is C10H9ClN2O3. The highest BCUT2D eigenvalue weighted by molar-refractivity contribution is 6.18. The van der Waals surface area contributed by atoms with Crippen LogP contribution in [-0.2, 0) is 0 Å². The zero-order valence-electron chi connectivity index (χ0n) is 8.57. The highest BCUT2D eigenvalue weighted by Gasteiger charge is 2.16. The van der Waals surface area contributed by atoms with Crippen LogP contribution < -0.4 is 4.74 Å². The lowest BCUT2D eigenvalue weighted by atomic mass is 10.2. The van der Waals surface area contributed by atoms with Crippen molar-refractivity contribution in [1.29, 1.82) is 0 Å². The molecule has 0 aromatic carbocycles. The number of hydrogen-bond acceptors (Lipinski definition) is 4. The molecule has 5 nitrogen and oxygen atoms in total. The smallest absolute Gasteiger partial charge is 0.332 e. The molecule has 1 heterocycles. The van der Waals surface area contributed by atoms with Crippen molar-refractivity contribution in [2.45, 2.75) is 6.42 Å². The van der Waals surface area contributed by atoms with Crippen molar-refractivity contribution in [3.05, 3.63) is 27.9 Å². The Balaban J connectivity index is 3.04. The number of rotatable bonds is 3. The Bertz CT molecular complexity index is 451. The second kappa shape index (κ2) is 5.93. The molecule has 0 spiro atoms. The normalized spacial score (nSPS) is 9.12. The van der Waals surface area contributed by atoms with Crippen LogP contribution in [0, 0.1) is 22.0 Å². The van der Waals surface area contributed by atoms with Gasteiger partial charge in [0.2, 0.25) is 0 Å². The second-order valence-corrected chi connectivity index (χ2v) is 3.13. The molecule has 0 bridgehead atoms. The first-order valence-corrected chi connectivity index (χ1v) is 4.95. The van der Waals surface area contributed by atoms with Gasteiger partial charge in [0.25, 0.3) is 5.88 Å². The first-order chi connectivity index (χ1) is 7.69. The van der Waals surface area contributed by atoms with Crippen molar-refractivity contribution in [2.75, 3.05) is 13.0 Å². The summed E-state index contributed by atoms with van der Waals surface area (Å²) in [5.41, 5.74) is 0.276. The molecule has 0 aliphatic carbocycles. The summed E-state index contributed by atoms with van der Waals surface area (Å²) >= 11 is 5.45. The van der Waals surface area contributed by atoms with Gasteiger partial charge in [0, 0.05) is 30.1 Å². The van der Waals surface area contributed by atoms with Gasteiger partial charge in [0.05, 0.1) is 12.0 Å². The fourth-order valence-electron chi connectivity index (χ4n) is 1.01. The van der Waals surface area contributed by atoms with Crippen molar-refractivity contribution in [3.63, 3.8) is 0 Å². The van der Waals surface area contributed by atoms with Crippen LogP contribution in [0.3, 0.4) is 0 Å². The van der Waals surface area contributed by atoms with Crippen LogP contribution in [0.25, 0.3) is 0 Å². The van der Waals surface area contributed by atoms with E-state index in [1.54, 1.807) is 0 Å². The molecule has 0 radical (unpaired) electrons. The molecule has 1 aromatic heterocycles. The molecule has 0 aliphatic rings. The summed E-state index contributed by atoms with van der Waals surface area (Å²) in [7, 11) is 1.33. The van der Waals surface area contributed by atoms with Crippen LogP contribution in [0.5, 0.6) is 5.88 Å². The monoisotopic (exact) mass is 240 g/mol. The largest absolute Gasteiger partial charge is 0.476 e. The number of alkyl halides is 1. The number of hydrogen-bond donors (Lipinski definition) is 0. The number of ether oxygens (including phenoxy) is 1. The SMILES string of the molecule is COc1ncc(C#CCCCl)cc1[N+](=O)[O-]. The van der Waals surface area contributed by atoms with E-state index < -0.39 is 4.92 Å². The predicted octanol–water partition coefficient (Wildman–Crippen LogP) is 1.98. The number of nitro groups is 1. The summed E-state index contributed by atoms with van der Waals surface area (Å²) in [5.74, 6) is 5.91. The molecule has 0 fully saturated rings. The molecule has 0 saturated heterocycles. The first-order valence-electron chi connectivity index (χ1n) is 4.42. The second-order valence-electron chi connectivity index (χ2n) is 2.75. The third kappa shape index (κ3) is 3.11. The minimum Gasteiger partial charge on any atom is -0.476 e. The molecule has 16 heavy (non-hydrogen) atoms. The topological polar surface area (TPSA) is 65.3 Å². The van der Waals surface area contributed by atoms with Crippen LogP contribution in [0.15, 0.2) is 12.3 Å². The number of pyridine rings is 1. The van der Waals surface area contributed by atoms with Crippen molar-refractivity contribution in [3.8, 4) is 17.7 Å². The molecule has 0 amide bonds. The summed E-state index contributed by atoms with van der Waals surface area (Å²) in [6.07, 6.45) is 1.95. The average Bonchev–Trinajstić information content (AvgIpc) is 2.29. The van der Waals surface area contributed by atoms with Gasteiger partial charge in [-0.1, -0.05) is 11.8 Å². The molecule has 6 heteroatoms. The van der Waals surface area contributed by atoms with E-state index in [0.29, 0.717) is 17.9 Å². The molecule has 0 N–H and O–H groups in total. The predicted molar refractivity (Wildman–Crippen MR) is 59.7 cm³/mol. The van der Waals surface area contributed by atoms with Crippen molar-refractivity contribution in [1.82, 2.24) is 4.98 Å². The van der Waals surface area contributed by atoms with Gasteiger partial charge < -0.3 is 4.74 Å². The van der Waals surface area contributed by atoms with Crippen molar-refractivity contribution >= 4 is 17.3 Å². The van der Waals surface area contributed by atoms with Crippen LogP contribution in [-0.4, -0.2) is 22.9 Å². The zero-order chi connectivity index (χ0) is 12.0. The van der Waals surface area contributed by atoms with E-state index in [0.717, 1.165) is 0 Å². The molecule has 0 aliphatic heterocycles. The van der Waals surface area contributed by atoms with Crippen LogP contribution in [0.4, 0.5) is 5.69 Å². The number of halogens is 1. The molecular weight excluding hydrogens is 232 g/mol. The minimum absolute atomic E-state index is 0.0205. The standard InChI is InChI=1S/C10H9ClN2O3/c1-16-10-9(13(14)15)6-8(7-12-10)4-2-3-5-11/h6-7H,3,5H2,1H3. The van der Waals surface area contributed by atoms with E-state index in [2.05, 4.69) is 16.8 Å². The highest BCUT2D eigenvalue weighted by Crippen LogP contribution is 2.23. The van der Waals surface area contributed by atoms with E-state index in [1.165, 1.54) is 19.4 Å². The van der Waals surface area contributed by atoms with Crippen molar-refractivity contribution in [2.24, 2.45) is 0 Å². The third-order valence-electron chi connectivity index (χ3n) is 1.67. The van der Waals surface area contributed by atoms with E-state index in [4.69, 9.17) is 16.3 Å². The molecule has 84 valence electrons. The Morgan fingerprint density at radius 2 is 2.44 bits per heavy atom. The molecule has 0 unspecified atom stereocenters. The zero-order valence-corrected chi connectivity index (χ0v) is 9.32. The molecule has 1 aromatic rings.